The third-order valence-electron chi connectivity index (χ3n) is 4.46. The third-order valence-corrected chi connectivity index (χ3v) is 5.52. The Morgan fingerprint density at radius 3 is 2.85 bits per heavy atom. The van der Waals surface area contributed by atoms with Gasteiger partial charge in [-0.05, 0) is 12.5 Å². The number of thioether (sulfide) groups is 1. The molecule has 0 spiro atoms. The summed E-state index contributed by atoms with van der Waals surface area (Å²) in [7, 11) is 2.88. The maximum absolute atomic E-state index is 12.9. The van der Waals surface area contributed by atoms with E-state index in [1.54, 1.807) is 12.1 Å². The van der Waals surface area contributed by atoms with Crippen molar-refractivity contribution in [3.05, 3.63) is 39.2 Å². The molecule has 2 aliphatic heterocycles. The van der Waals surface area contributed by atoms with Crippen molar-refractivity contribution in [3.8, 4) is 17.4 Å². The Hall–Kier alpha value is -2.68. The van der Waals surface area contributed by atoms with Crippen LogP contribution in [0.3, 0.4) is 0 Å². The predicted octanol–water partition coefficient (Wildman–Crippen LogP) is 1.72. The number of rotatable bonds is 3. The van der Waals surface area contributed by atoms with Crippen LogP contribution in [-0.2, 0) is 11.3 Å². The molecule has 0 saturated heterocycles. The molecule has 8 nitrogen and oxygen atoms in total. The van der Waals surface area contributed by atoms with Crippen LogP contribution in [0.15, 0.2) is 22.1 Å². The molecule has 4 rings (SSSR count). The lowest BCUT2D eigenvalue weighted by atomic mass is 9.99. The van der Waals surface area contributed by atoms with Crippen molar-refractivity contribution in [1.29, 1.82) is 0 Å². The van der Waals surface area contributed by atoms with Gasteiger partial charge in [-0.1, -0.05) is 17.8 Å². The minimum Gasteiger partial charge on any atom is -0.493 e. The normalized spacial score (nSPS) is 18.1. The summed E-state index contributed by atoms with van der Waals surface area (Å²) in [5.41, 5.74) is 0.175. The zero-order valence-electron chi connectivity index (χ0n) is 14.1. The lowest BCUT2D eigenvalue weighted by molar-refractivity contribution is 0.0446. The highest BCUT2D eigenvalue weighted by molar-refractivity contribution is 7.99. The molecule has 3 heterocycles. The molecule has 2 aliphatic rings. The molecule has 1 atom stereocenters. The van der Waals surface area contributed by atoms with E-state index in [4.69, 9.17) is 14.2 Å². The van der Waals surface area contributed by atoms with Gasteiger partial charge >= 0.3 is 5.97 Å². The highest BCUT2D eigenvalue weighted by Gasteiger charge is 2.40. The highest BCUT2D eigenvalue weighted by atomic mass is 32.2. The summed E-state index contributed by atoms with van der Waals surface area (Å²) in [5.74, 6) is 0.389. The molecule has 0 radical (unpaired) electrons. The van der Waals surface area contributed by atoms with Gasteiger partial charge in [0.2, 0.25) is 5.88 Å². The molecule has 2 aromatic rings. The van der Waals surface area contributed by atoms with Crippen molar-refractivity contribution >= 4 is 17.7 Å². The van der Waals surface area contributed by atoms with E-state index in [1.807, 2.05) is 0 Å². The number of ether oxygens (including phenoxy) is 3. The van der Waals surface area contributed by atoms with Crippen molar-refractivity contribution in [2.24, 2.45) is 0 Å². The first-order chi connectivity index (χ1) is 12.6. The maximum atomic E-state index is 12.9. The van der Waals surface area contributed by atoms with Crippen LogP contribution in [0, 0.1) is 0 Å². The number of cyclic esters (lactones) is 1. The predicted molar refractivity (Wildman–Crippen MR) is 92.3 cm³/mol. The first kappa shape index (κ1) is 16.8. The van der Waals surface area contributed by atoms with Gasteiger partial charge in [0.05, 0.1) is 14.2 Å². The van der Waals surface area contributed by atoms with E-state index >= 15 is 0 Å². The Labute approximate surface area is 152 Å². The summed E-state index contributed by atoms with van der Waals surface area (Å²) in [5, 5.41) is 10.8. The number of fused-ring (bicyclic) bond motifs is 2. The van der Waals surface area contributed by atoms with Gasteiger partial charge in [-0.3, -0.25) is 9.36 Å². The number of nitrogens with zero attached hydrogens (tertiary/aromatic N) is 2. The Morgan fingerprint density at radius 1 is 1.31 bits per heavy atom. The van der Waals surface area contributed by atoms with Crippen molar-refractivity contribution in [3.63, 3.8) is 0 Å². The van der Waals surface area contributed by atoms with Crippen LogP contribution >= 0.6 is 11.8 Å². The molecule has 0 fully saturated rings. The minimum atomic E-state index is -1.04. The van der Waals surface area contributed by atoms with Crippen molar-refractivity contribution in [2.45, 2.75) is 24.2 Å². The number of aromatic nitrogens is 2. The van der Waals surface area contributed by atoms with Crippen molar-refractivity contribution in [1.82, 2.24) is 9.55 Å². The molecular formula is C17H16N2O6S. The fraction of sp³-hybridized carbons (Fsp3) is 0.353. The molecule has 0 bridgehead atoms. The van der Waals surface area contributed by atoms with E-state index in [9.17, 15) is 14.7 Å². The highest BCUT2D eigenvalue weighted by Crippen LogP contribution is 2.45. The lowest BCUT2D eigenvalue weighted by Gasteiger charge is -2.20. The smallest absolute Gasteiger partial charge is 0.343 e. The lowest BCUT2D eigenvalue weighted by Crippen LogP contribution is -2.30. The second kappa shape index (κ2) is 6.24. The average Bonchev–Trinajstić information content (AvgIpc) is 2.97. The number of methoxy groups -OCH3 is 2. The largest absolute Gasteiger partial charge is 0.493 e. The molecule has 0 saturated carbocycles. The molecule has 1 N–H and O–H groups in total. The number of aromatic hydroxyl groups is 1. The standard InChI is InChI=1S/C17H16N2O6S/c1-23-9-5-4-8-10(13(9)24-2)16(22)25-12(8)11-14(20)18-17-19(15(11)21)6-3-7-26-17/h4-5,12,20H,3,6-7H2,1-2H3/t12-/m0/s1. The Kier molecular flexibility index (Phi) is 4.03. The maximum Gasteiger partial charge on any atom is 0.343 e. The van der Waals surface area contributed by atoms with Crippen LogP contribution in [0.2, 0.25) is 0 Å². The van der Waals surface area contributed by atoms with E-state index in [2.05, 4.69) is 4.98 Å². The van der Waals surface area contributed by atoms with Crippen LogP contribution in [-0.4, -0.2) is 40.6 Å². The van der Waals surface area contributed by atoms with Crippen LogP contribution in [0.4, 0.5) is 0 Å². The Morgan fingerprint density at radius 2 is 2.12 bits per heavy atom. The van der Waals surface area contributed by atoms with Crippen LogP contribution in [0.1, 0.15) is 34.0 Å². The summed E-state index contributed by atoms with van der Waals surface area (Å²) in [4.78, 5) is 29.5. The Balaban J connectivity index is 1.91. The first-order valence-corrected chi connectivity index (χ1v) is 8.97. The van der Waals surface area contributed by atoms with Crippen molar-refractivity contribution < 1.29 is 24.1 Å². The number of hydrogen-bond acceptors (Lipinski definition) is 8. The van der Waals surface area contributed by atoms with Gasteiger partial charge in [0.25, 0.3) is 5.56 Å². The van der Waals surface area contributed by atoms with E-state index < -0.39 is 23.5 Å². The quantitative estimate of drug-likeness (QED) is 0.638. The van der Waals surface area contributed by atoms with E-state index in [0.29, 0.717) is 23.0 Å². The van der Waals surface area contributed by atoms with Gasteiger partial charge < -0.3 is 19.3 Å². The molecular weight excluding hydrogens is 360 g/mol. The number of carbonyl (C=O) groups excluding carboxylic acids is 1. The Bertz CT molecular complexity index is 971. The molecule has 9 heteroatoms. The van der Waals surface area contributed by atoms with E-state index in [-0.39, 0.29) is 16.9 Å². The average molecular weight is 376 g/mol. The SMILES string of the molecule is COc1ccc2c(c1OC)C(=O)O[C@@H]2c1c(O)nc2n(c1=O)CCCS2. The number of benzene rings is 1. The summed E-state index contributed by atoms with van der Waals surface area (Å²) in [6.45, 7) is 0.515. The molecule has 136 valence electrons. The topological polar surface area (TPSA) is 99.9 Å². The summed E-state index contributed by atoms with van der Waals surface area (Å²) in [6, 6.07) is 3.26. The van der Waals surface area contributed by atoms with Gasteiger partial charge in [-0.15, -0.1) is 0 Å². The number of hydrogen-bond donors (Lipinski definition) is 1. The minimum absolute atomic E-state index is 0.0458. The van der Waals surface area contributed by atoms with E-state index in [0.717, 1.165) is 12.2 Å². The molecule has 0 amide bonds. The summed E-state index contributed by atoms with van der Waals surface area (Å²) >= 11 is 1.41. The molecule has 1 aromatic heterocycles. The molecule has 1 aromatic carbocycles. The fourth-order valence-corrected chi connectivity index (χ4v) is 4.21. The van der Waals surface area contributed by atoms with E-state index in [1.165, 1.54) is 30.5 Å². The van der Waals surface area contributed by atoms with Crippen LogP contribution < -0.4 is 15.0 Å². The van der Waals surface area contributed by atoms with Gasteiger partial charge in [0.15, 0.2) is 22.8 Å². The third kappa shape index (κ3) is 2.34. The fourth-order valence-electron chi connectivity index (χ4n) is 3.28. The van der Waals surface area contributed by atoms with Crippen molar-refractivity contribution in [2.75, 3.05) is 20.0 Å². The number of esters is 1. The monoisotopic (exact) mass is 376 g/mol. The molecule has 26 heavy (non-hydrogen) atoms. The number of carbonyl (C=O) groups is 1. The second-order valence-corrected chi connectivity index (χ2v) is 6.90. The zero-order valence-corrected chi connectivity index (χ0v) is 15.0. The summed E-state index contributed by atoms with van der Waals surface area (Å²) in [6.07, 6.45) is -0.211. The summed E-state index contributed by atoms with van der Waals surface area (Å²) < 4.78 is 17.4. The zero-order chi connectivity index (χ0) is 18.4. The van der Waals surface area contributed by atoms with Gasteiger partial charge in [0, 0.05) is 17.9 Å². The van der Waals surface area contributed by atoms with Crippen LogP contribution in [0.25, 0.3) is 0 Å². The van der Waals surface area contributed by atoms with Gasteiger partial charge in [0.1, 0.15) is 11.1 Å². The van der Waals surface area contributed by atoms with Crippen LogP contribution in [0.5, 0.6) is 17.4 Å². The second-order valence-electron chi connectivity index (χ2n) is 5.84. The first-order valence-electron chi connectivity index (χ1n) is 7.99. The van der Waals surface area contributed by atoms with Gasteiger partial charge in [-0.2, -0.15) is 4.98 Å². The molecule has 0 aliphatic carbocycles. The molecule has 0 unspecified atom stereocenters. The van der Waals surface area contributed by atoms with Gasteiger partial charge in [-0.25, -0.2) is 4.79 Å².